The van der Waals surface area contributed by atoms with E-state index < -0.39 is 0 Å². The molecule has 1 atom stereocenters. The van der Waals surface area contributed by atoms with E-state index in [1.165, 1.54) is 12.1 Å². The zero-order chi connectivity index (χ0) is 25.8. The second kappa shape index (κ2) is 11.0. The van der Waals surface area contributed by atoms with Gasteiger partial charge in [-0.25, -0.2) is 4.39 Å². The zero-order valence-corrected chi connectivity index (χ0v) is 20.9. The summed E-state index contributed by atoms with van der Waals surface area (Å²) in [7, 11) is 1.58. The van der Waals surface area contributed by atoms with Crippen molar-refractivity contribution < 1.29 is 23.5 Å². The Bertz CT molecular complexity index is 1240. The third kappa shape index (κ3) is 6.10. The molecule has 2 aliphatic rings. The van der Waals surface area contributed by atoms with Crippen LogP contribution in [0.2, 0.25) is 0 Å². The second-order valence-electron chi connectivity index (χ2n) is 9.74. The van der Waals surface area contributed by atoms with E-state index in [0.717, 1.165) is 29.5 Å². The number of nitrogens with zero attached hydrogens (tertiary/aromatic N) is 2. The molecular weight excluding hydrogens is 471 g/mol. The fourth-order valence-corrected chi connectivity index (χ4v) is 4.80. The van der Waals surface area contributed by atoms with Crippen LogP contribution in [0.5, 0.6) is 11.5 Å². The van der Waals surface area contributed by atoms with Crippen LogP contribution in [0, 0.1) is 5.82 Å². The molecule has 1 aliphatic carbocycles. The van der Waals surface area contributed by atoms with Gasteiger partial charge in [0.25, 0.3) is 0 Å². The van der Waals surface area contributed by atoms with Gasteiger partial charge in [0.15, 0.2) is 11.5 Å². The van der Waals surface area contributed by atoms with Crippen LogP contribution >= 0.6 is 0 Å². The number of halogens is 1. The Morgan fingerprint density at radius 2 is 1.73 bits per heavy atom. The van der Waals surface area contributed by atoms with Gasteiger partial charge in [-0.05, 0) is 53.8 Å². The van der Waals surface area contributed by atoms with Crippen molar-refractivity contribution >= 4 is 11.8 Å². The molecule has 192 valence electrons. The van der Waals surface area contributed by atoms with Crippen LogP contribution in [0.25, 0.3) is 0 Å². The minimum Gasteiger partial charge on any atom is -0.493 e. The molecule has 0 unspecified atom stereocenters. The second-order valence-corrected chi connectivity index (χ2v) is 9.74. The average Bonchev–Trinajstić information content (AvgIpc) is 3.70. The van der Waals surface area contributed by atoms with Crippen molar-refractivity contribution in [2.75, 3.05) is 20.2 Å². The summed E-state index contributed by atoms with van der Waals surface area (Å²) in [6.45, 7) is 1.41. The molecule has 5 rings (SSSR count). The third-order valence-electron chi connectivity index (χ3n) is 7.01. The fraction of sp³-hybridized carbons (Fsp3) is 0.333. The SMILES string of the molecule is COc1cc(CN(C(=O)CN2C[C@H](c3ccccc3)CC2=O)C2CC2)ccc1OCc1ccc(F)cc1. The lowest BCUT2D eigenvalue weighted by Gasteiger charge is -2.26. The van der Waals surface area contributed by atoms with E-state index in [4.69, 9.17) is 9.47 Å². The fourth-order valence-electron chi connectivity index (χ4n) is 4.80. The maximum absolute atomic E-state index is 13.3. The van der Waals surface area contributed by atoms with Gasteiger partial charge >= 0.3 is 0 Å². The molecule has 2 fully saturated rings. The van der Waals surface area contributed by atoms with Crippen molar-refractivity contribution in [2.24, 2.45) is 0 Å². The first kappa shape index (κ1) is 24.8. The number of hydrogen-bond donors (Lipinski definition) is 0. The molecule has 1 saturated carbocycles. The molecule has 0 aromatic heterocycles. The van der Waals surface area contributed by atoms with Gasteiger partial charge in [0, 0.05) is 31.5 Å². The number of methoxy groups -OCH3 is 1. The van der Waals surface area contributed by atoms with Crippen LogP contribution < -0.4 is 9.47 Å². The number of carbonyl (C=O) groups excluding carboxylic acids is 2. The summed E-state index contributed by atoms with van der Waals surface area (Å²) in [6, 6.07) is 22.0. The van der Waals surface area contributed by atoms with Crippen molar-refractivity contribution in [3.63, 3.8) is 0 Å². The van der Waals surface area contributed by atoms with Crippen LogP contribution in [-0.4, -0.2) is 47.9 Å². The summed E-state index contributed by atoms with van der Waals surface area (Å²) in [4.78, 5) is 29.6. The lowest BCUT2D eigenvalue weighted by Crippen LogP contribution is -2.41. The van der Waals surface area contributed by atoms with Crippen molar-refractivity contribution in [3.8, 4) is 11.5 Å². The predicted molar refractivity (Wildman–Crippen MR) is 138 cm³/mol. The number of ether oxygens (including phenoxy) is 2. The van der Waals surface area contributed by atoms with Crippen LogP contribution in [0.4, 0.5) is 4.39 Å². The molecule has 0 spiro atoms. The van der Waals surface area contributed by atoms with Crippen LogP contribution in [-0.2, 0) is 22.7 Å². The molecule has 0 bridgehead atoms. The third-order valence-corrected chi connectivity index (χ3v) is 7.01. The Labute approximate surface area is 216 Å². The number of carbonyl (C=O) groups is 2. The van der Waals surface area contributed by atoms with Gasteiger partial charge in [0.1, 0.15) is 12.4 Å². The Morgan fingerprint density at radius 3 is 2.43 bits per heavy atom. The summed E-state index contributed by atoms with van der Waals surface area (Å²) in [5, 5.41) is 0. The maximum Gasteiger partial charge on any atom is 0.242 e. The smallest absolute Gasteiger partial charge is 0.242 e. The Balaban J connectivity index is 1.22. The molecule has 3 aromatic carbocycles. The van der Waals surface area contributed by atoms with Crippen molar-refractivity contribution in [1.82, 2.24) is 9.80 Å². The predicted octanol–water partition coefficient (Wildman–Crippen LogP) is 4.92. The molecule has 0 radical (unpaired) electrons. The van der Waals surface area contributed by atoms with Gasteiger partial charge in [-0.2, -0.15) is 0 Å². The van der Waals surface area contributed by atoms with Crippen molar-refractivity contribution in [2.45, 2.75) is 44.4 Å². The number of likely N-dealkylation sites (tertiary alicyclic amines) is 1. The first-order chi connectivity index (χ1) is 18.0. The molecule has 37 heavy (non-hydrogen) atoms. The highest BCUT2D eigenvalue weighted by Crippen LogP contribution is 2.33. The van der Waals surface area contributed by atoms with E-state index in [1.807, 2.05) is 53.4 Å². The lowest BCUT2D eigenvalue weighted by molar-refractivity contribution is -0.139. The normalized spacial score (nSPS) is 17.1. The molecule has 1 saturated heterocycles. The quantitative estimate of drug-likeness (QED) is 0.395. The van der Waals surface area contributed by atoms with E-state index in [-0.39, 0.29) is 42.7 Å². The van der Waals surface area contributed by atoms with Gasteiger partial charge in [-0.1, -0.05) is 48.5 Å². The first-order valence-corrected chi connectivity index (χ1v) is 12.7. The molecule has 1 heterocycles. The molecule has 6 nitrogen and oxygen atoms in total. The van der Waals surface area contributed by atoms with E-state index in [1.54, 1.807) is 24.1 Å². The Kier molecular flexibility index (Phi) is 7.40. The summed E-state index contributed by atoms with van der Waals surface area (Å²) in [5.41, 5.74) is 2.92. The first-order valence-electron chi connectivity index (χ1n) is 12.7. The van der Waals surface area contributed by atoms with Crippen molar-refractivity contribution in [3.05, 3.63) is 95.3 Å². The van der Waals surface area contributed by atoms with Gasteiger partial charge in [-0.3, -0.25) is 9.59 Å². The Morgan fingerprint density at radius 1 is 1.00 bits per heavy atom. The van der Waals surface area contributed by atoms with Gasteiger partial charge in [0.2, 0.25) is 11.8 Å². The number of hydrogen-bond acceptors (Lipinski definition) is 4. The average molecular weight is 503 g/mol. The zero-order valence-electron chi connectivity index (χ0n) is 20.9. The number of rotatable bonds is 10. The highest BCUT2D eigenvalue weighted by atomic mass is 19.1. The van der Waals surface area contributed by atoms with Gasteiger partial charge < -0.3 is 19.3 Å². The molecular formula is C30H31FN2O4. The molecule has 1 aliphatic heterocycles. The molecule has 0 N–H and O–H groups in total. The largest absolute Gasteiger partial charge is 0.493 e. The maximum atomic E-state index is 13.3. The monoisotopic (exact) mass is 502 g/mol. The minimum atomic E-state index is -0.287. The van der Waals surface area contributed by atoms with E-state index in [9.17, 15) is 14.0 Å². The van der Waals surface area contributed by atoms with E-state index >= 15 is 0 Å². The standard InChI is InChI=1S/C30H31FN2O4/c1-36-28-15-22(9-14-27(28)37-20-21-7-10-25(31)11-8-21)17-33(26-12-13-26)30(35)19-32-18-24(16-29(32)34)23-5-3-2-4-6-23/h2-11,14-15,24,26H,12-13,16-20H2,1H3/t24-/m1/s1. The highest BCUT2D eigenvalue weighted by molar-refractivity contribution is 5.87. The topological polar surface area (TPSA) is 59.1 Å². The van der Waals surface area contributed by atoms with Gasteiger partial charge in [0.05, 0.1) is 13.7 Å². The van der Waals surface area contributed by atoms with Crippen molar-refractivity contribution in [1.29, 1.82) is 0 Å². The molecule has 2 amide bonds. The lowest BCUT2D eigenvalue weighted by atomic mass is 9.99. The van der Waals surface area contributed by atoms with Crippen LogP contribution in [0.15, 0.2) is 72.8 Å². The van der Waals surface area contributed by atoms with Gasteiger partial charge in [-0.15, -0.1) is 0 Å². The summed E-state index contributed by atoms with van der Waals surface area (Å²) in [5.74, 6) is 0.994. The van der Waals surface area contributed by atoms with E-state index in [0.29, 0.717) is 31.0 Å². The van der Waals surface area contributed by atoms with E-state index in [2.05, 4.69) is 0 Å². The van der Waals surface area contributed by atoms with Crippen LogP contribution in [0.1, 0.15) is 41.9 Å². The minimum absolute atomic E-state index is 0.0276. The van der Waals surface area contributed by atoms with Crippen LogP contribution in [0.3, 0.4) is 0 Å². The number of amides is 2. The molecule has 3 aromatic rings. The Hall–Kier alpha value is -3.87. The summed E-state index contributed by atoms with van der Waals surface area (Å²) >= 11 is 0. The molecule has 7 heteroatoms. The number of benzene rings is 3. The summed E-state index contributed by atoms with van der Waals surface area (Å²) in [6.07, 6.45) is 2.39. The highest BCUT2D eigenvalue weighted by Gasteiger charge is 2.36. The summed E-state index contributed by atoms with van der Waals surface area (Å²) < 4.78 is 24.6.